The molecule has 2 fully saturated rings. The Morgan fingerprint density at radius 2 is 1.79 bits per heavy atom. The van der Waals surface area contributed by atoms with E-state index in [2.05, 4.69) is 5.32 Å². The number of carbonyl (C=O) groups excluding carboxylic acids is 3. The predicted octanol–water partition coefficient (Wildman–Crippen LogP) is 2.65. The molecule has 1 N–H and O–H groups in total. The summed E-state index contributed by atoms with van der Waals surface area (Å²) >= 11 is 0. The summed E-state index contributed by atoms with van der Waals surface area (Å²) in [5, 5.41) is 2.26. The minimum absolute atomic E-state index is 0.0472. The summed E-state index contributed by atoms with van der Waals surface area (Å²) in [6, 6.07) is 9.84. The van der Waals surface area contributed by atoms with Gasteiger partial charge in [0.1, 0.15) is 0 Å². The first-order chi connectivity index (χ1) is 15.6. The number of para-hydroxylation sites is 1. The number of likely N-dealkylation sites (N-methyl/N-ethyl adjacent to an activating group) is 1. The average Bonchev–Trinajstić information content (AvgIpc) is 2.77. The second-order valence-electron chi connectivity index (χ2n) is 8.70. The summed E-state index contributed by atoms with van der Waals surface area (Å²) in [6.45, 7) is 1.67. The molecule has 3 heterocycles. The van der Waals surface area contributed by atoms with Crippen molar-refractivity contribution in [2.75, 3.05) is 36.5 Å². The Balaban J connectivity index is 1.65. The van der Waals surface area contributed by atoms with E-state index in [9.17, 15) is 27.6 Å². The zero-order chi connectivity index (χ0) is 23.5. The van der Waals surface area contributed by atoms with E-state index in [1.54, 1.807) is 0 Å². The van der Waals surface area contributed by atoms with Crippen molar-refractivity contribution in [3.8, 4) is 0 Å². The molecule has 0 saturated carbocycles. The third kappa shape index (κ3) is 3.19. The number of anilines is 2. The first-order valence-corrected chi connectivity index (χ1v) is 10.5. The van der Waals surface area contributed by atoms with Crippen LogP contribution in [0.4, 0.5) is 29.3 Å². The first-order valence-electron chi connectivity index (χ1n) is 10.5. The Morgan fingerprint density at radius 3 is 2.55 bits per heavy atom. The number of hydrogen-bond donors (Lipinski definition) is 1. The quantitative estimate of drug-likeness (QED) is 0.666. The van der Waals surface area contributed by atoms with Crippen LogP contribution in [0.2, 0.25) is 0 Å². The largest absolute Gasteiger partial charge is 0.416 e. The van der Waals surface area contributed by atoms with Crippen LogP contribution in [0.15, 0.2) is 48.5 Å². The molecule has 2 atom stereocenters. The van der Waals surface area contributed by atoms with Crippen LogP contribution in [-0.2, 0) is 22.2 Å². The van der Waals surface area contributed by atoms with Crippen LogP contribution in [0.25, 0.3) is 0 Å². The summed E-state index contributed by atoms with van der Waals surface area (Å²) in [5.41, 5.74) is -1.18. The minimum atomic E-state index is -4.65. The van der Waals surface area contributed by atoms with Gasteiger partial charge in [-0.2, -0.15) is 13.2 Å². The number of hydrogen-bond acceptors (Lipinski definition) is 5. The maximum Gasteiger partial charge on any atom is 0.416 e. The zero-order valence-corrected chi connectivity index (χ0v) is 17.7. The molecule has 0 aromatic heterocycles. The SMILES string of the molecule is CN1CCN2c3ccccc3C[C@@]3(C(=O)NC(=O)N(c4cccc(C(F)(F)F)c4)C3=O)[C@H]2C1. The number of alkyl halides is 3. The Labute approximate surface area is 187 Å². The van der Waals surface area contributed by atoms with Crippen LogP contribution >= 0.6 is 0 Å². The Hall–Kier alpha value is -3.40. The second kappa shape index (κ2) is 7.31. The van der Waals surface area contributed by atoms with E-state index in [0.717, 1.165) is 29.4 Å². The van der Waals surface area contributed by atoms with Gasteiger partial charge in [-0.1, -0.05) is 24.3 Å². The van der Waals surface area contributed by atoms with Crippen molar-refractivity contribution in [1.29, 1.82) is 0 Å². The highest BCUT2D eigenvalue weighted by Crippen LogP contribution is 2.46. The van der Waals surface area contributed by atoms with E-state index in [0.29, 0.717) is 24.5 Å². The Bertz CT molecular complexity index is 1170. The van der Waals surface area contributed by atoms with Gasteiger partial charge in [-0.05, 0) is 43.3 Å². The molecule has 7 nitrogen and oxygen atoms in total. The van der Waals surface area contributed by atoms with Crippen LogP contribution in [0.1, 0.15) is 11.1 Å². The number of benzene rings is 2. The van der Waals surface area contributed by atoms with Gasteiger partial charge < -0.3 is 9.80 Å². The van der Waals surface area contributed by atoms with Crippen molar-refractivity contribution < 1.29 is 27.6 Å². The van der Waals surface area contributed by atoms with Crippen molar-refractivity contribution in [3.63, 3.8) is 0 Å². The van der Waals surface area contributed by atoms with Crippen LogP contribution in [0, 0.1) is 5.41 Å². The molecule has 0 aliphatic carbocycles. The molecule has 2 saturated heterocycles. The molecule has 0 unspecified atom stereocenters. The van der Waals surface area contributed by atoms with Crippen LogP contribution < -0.4 is 15.1 Å². The van der Waals surface area contributed by atoms with Gasteiger partial charge in [-0.25, -0.2) is 9.69 Å². The van der Waals surface area contributed by atoms with Crippen LogP contribution in [0.5, 0.6) is 0 Å². The number of fused-ring (bicyclic) bond motifs is 4. The summed E-state index contributed by atoms with van der Waals surface area (Å²) in [5.74, 6) is -1.53. The molecule has 5 rings (SSSR count). The average molecular weight is 458 g/mol. The topological polar surface area (TPSA) is 73.0 Å². The molecular formula is C23H21F3N4O3. The zero-order valence-electron chi connectivity index (χ0n) is 17.7. The van der Waals surface area contributed by atoms with E-state index in [1.165, 1.54) is 6.07 Å². The molecule has 1 spiro atoms. The van der Waals surface area contributed by atoms with E-state index < -0.39 is 41.0 Å². The van der Waals surface area contributed by atoms with Gasteiger partial charge in [-0.15, -0.1) is 0 Å². The number of nitrogens with zero attached hydrogens (tertiary/aromatic N) is 3. The molecular weight excluding hydrogens is 437 g/mol. The third-order valence-corrected chi connectivity index (χ3v) is 6.77. The summed E-state index contributed by atoms with van der Waals surface area (Å²) < 4.78 is 39.9. The fourth-order valence-electron chi connectivity index (χ4n) is 5.15. The second-order valence-corrected chi connectivity index (χ2v) is 8.70. The molecule has 33 heavy (non-hydrogen) atoms. The molecule has 0 bridgehead atoms. The summed E-state index contributed by atoms with van der Waals surface area (Å²) in [7, 11) is 1.88. The smallest absolute Gasteiger partial charge is 0.364 e. The molecule has 2 aromatic carbocycles. The van der Waals surface area contributed by atoms with Gasteiger partial charge in [-0.3, -0.25) is 14.9 Å². The lowest BCUT2D eigenvalue weighted by Crippen LogP contribution is -2.75. The van der Waals surface area contributed by atoms with E-state index in [1.807, 2.05) is 41.1 Å². The Morgan fingerprint density at radius 1 is 1.03 bits per heavy atom. The van der Waals surface area contributed by atoms with Crippen molar-refractivity contribution in [3.05, 3.63) is 59.7 Å². The number of carbonyl (C=O) groups is 3. The normalized spacial score (nSPS) is 25.7. The highest BCUT2D eigenvalue weighted by molar-refractivity contribution is 6.30. The highest BCUT2D eigenvalue weighted by atomic mass is 19.4. The maximum atomic E-state index is 14.0. The van der Waals surface area contributed by atoms with Gasteiger partial charge >= 0.3 is 12.2 Å². The number of amides is 4. The first kappa shape index (κ1) is 21.4. The number of piperazine rings is 1. The van der Waals surface area contributed by atoms with Crippen LogP contribution in [-0.4, -0.2) is 55.5 Å². The predicted molar refractivity (Wildman–Crippen MR) is 114 cm³/mol. The van der Waals surface area contributed by atoms with Crippen molar-refractivity contribution in [2.24, 2.45) is 5.41 Å². The lowest BCUT2D eigenvalue weighted by Gasteiger charge is -2.55. The van der Waals surface area contributed by atoms with E-state index in [4.69, 9.17) is 0 Å². The molecule has 3 aliphatic heterocycles. The lowest BCUT2D eigenvalue weighted by atomic mass is 9.67. The van der Waals surface area contributed by atoms with Crippen molar-refractivity contribution >= 4 is 29.2 Å². The van der Waals surface area contributed by atoms with E-state index >= 15 is 0 Å². The minimum Gasteiger partial charge on any atom is -0.364 e. The number of rotatable bonds is 1. The van der Waals surface area contributed by atoms with Crippen LogP contribution in [0.3, 0.4) is 0 Å². The molecule has 0 radical (unpaired) electrons. The molecule has 2 aromatic rings. The van der Waals surface area contributed by atoms with Gasteiger partial charge in [0, 0.05) is 25.3 Å². The number of nitrogens with one attached hydrogen (secondary N) is 1. The number of imide groups is 2. The van der Waals surface area contributed by atoms with Gasteiger partial charge in [0.15, 0.2) is 5.41 Å². The maximum absolute atomic E-state index is 14.0. The standard InChI is InChI=1S/C23H21F3N4O3/c1-28-9-10-29-17-8-3-2-5-14(17)12-22(18(29)13-28)19(31)27-21(33)30(20(22)32)16-7-4-6-15(11-16)23(24,25)26/h2-8,11,18H,9-10,12-13H2,1H3,(H,27,31,33)/t18-,22+/m1/s1. The molecule has 10 heteroatoms. The fraction of sp³-hybridized carbons (Fsp3) is 0.348. The van der Waals surface area contributed by atoms with Gasteiger partial charge in [0.2, 0.25) is 5.91 Å². The Kier molecular flexibility index (Phi) is 4.75. The molecule has 3 aliphatic rings. The highest BCUT2D eigenvalue weighted by Gasteiger charge is 2.63. The monoisotopic (exact) mass is 458 g/mol. The fourth-order valence-corrected chi connectivity index (χ4v) is 5.15. The van der Waals surface area contributed by atoms with Gasteiger partial charge in [0.05, 0.1) is 17.3 Å². The third-order valence-electron chi connectivity index (χ3n) is 6.77. The summed E-state index contributed by atoms with van der Waals surface area (Å²) in [4.78, 5) is 44.8. The summed E-state index contributed by atoms with van der Waals surface area (Å²) in [6.07, 6.45) is -4.60. The number of barbiturate groups is 1. The lowest BCUT2D eigenvalue weighted by molar-refractivity contribution is -0.145. The van der Waals surface area contributed by atoms with Gasteiger partial charge in [0.25, 0.3) is 5.91 Å². The van der Waals surface area contributed by atoms with Crippen molar-refractivity contribution in [1.82, 2.24) is 10.2 Å². The number of halogens is 3. The van der Waals surface area contributed by atoms with Crippen molar-refractivity contribution in [2.45, 2.75) is 18.6 Å². The molecule has 172 valence electrons. The number of urea groups is 1. The van der Waals surface area contributed by atoms with E-state index in [-0.39, 0.29) is 12.1 Å². The molecule has 4 amide bonds.